The summed E-state index contributed by atoms with van der Waals surface area (Å²) in [5, 5.41) is 0.748. The average Bonchev–Trinajstić information content (AvgIpc) is 2.23. The smallest absolute Gasteiger partial charge is 0.147 e. The van der Waals surface area contributed by atoms with Crippen LogP contribution in [0.1, 0.15) is 13.3 Å². The van der Waals surface area contributed by atoms with Crippen molar-refractivity contribution in [3.63, 3.8) is 0 Å². The number of hydrogen-bond donors (Lipinski definition) is 0. The molecule has 2 unspecified atom stereocenters. The van der Waals surface area contributed by atoms with Crippen molar-refractivity contribution in [3.05, 3.63) is 23.4 Å². The van der Waals surface area contributed by atoms with Crippen molar-refractivity contribution in [1.82, 2.24) is 4.98 Å². The Hall–Kier alpha value is -0.280. The second-order valence-electron chi connectivity index (χ2n) is 4.04. The number of halogens is 2. The highest BCUT2D eigenvalue weighted by molar-refractivity contribution is 9.09. The van der Waals surface area contributed by atoms with Crippen LogP contribution in [0.25, 0.3) is 0 Å². The Labute approximate surface area is 104 Å². The molecule has 1 aliphatic heterocycles. The molecule has 2 nitrogen and oxygen atoms in total. The van der Waals surface area contributed by atoms with Crippen molar-refractivity contribution < 1.29 is 0 Å². The quantitative estimate of drug-likeness (QED) is 0.737. The lowest BCUT2D eigenvalue weighted by molar-refractivity contribution is 0.464. The number of rotatable bonds is 1. The summed E-state index contributed by atoms with van der Waals surface area (Å²) < 4.78 is 0. The molecule has 0 saturated carbocycles. The molecular formula is C11H14BrClN2. The minimum absolute atomic E-state index is 0.622. The molecule has 1 aromatic rings. The summed E-state index contributed by atoms with van der Waals surface area (Å²) in [6, 6.07) is 3.77. The summed E-state index contributed by atoms with van der Waals surface area (Å²) in [6.07, 6.45) is 2.94. The Balaban J connectivity index is 2.15. The van der Waals surface area contributed by atoms with Crippen LogP contribution in [-0.4, -0.2) is 22.9 Å². The fourth-order valence-electron chi connectivity index (χ4n) is 1.92. The number of anilines is 1. The maximum Gasteiger partial charge on any atom is 0.147 e. The summed E-state index contributed by atoms with van der Waals surface area (Å²) in [5.41, 5.74) is 0. The molecule has 0 bridgehead atoms. The van der Waals surface area contributed by atoms with Gasteiger partial charge in [-0.3, -0.25) is 0 Å². The van der Waals surface area contributed by atoms with Crippen LogP contribution >= 0.6 is 27.5 Å². The molecule has 0 radical (unpaired) electrons. The summed E-state index contributed by atoms with van der Waals surface area (Å²) in [5.74, 6) is 1.56. The van der Waals surface area contributed by atoms with Crippen molar-refractivity contribution in [2.45, 2.75) is 18.2 Å². The first-order valence-corrected chi connectivity index (χ1v) is 6.47. The lowest BCUT2D eigenvalue weighted by Crippen LogP contribution is -2.40. The van der Waals surface area contributed by atoms with Gasteiger partial charge in [-0.1, -0.05) is 34.5 Å². The van der Waals surface area contributed by atoms with E-state index in [2.05, 4.69) is 32.7 Å². The number of pyridine rings is 1. The Morgan fingerprint density at radius 3 is 3.07 bits per heavy atom. The third kappa shape index (κ3) is 2.45. The largest absolute Gasteiger partial charge is 0.355 e. The molecule has 0 aliphatic carbocycles. The van der Waals surface area contributed by atoms with Crippen molar-refractivity contribution in [3.8, 4) is 0 Å². The van der Waals surface area contributed by atoms with E-state index in [4.69, 9.17) is 11.6 Å². The van der Waals surface area contributed by atoms with E-state index in [0.29, 0.717) is 10.7 Å². The van der Waals surface area contributed by atoms with Crippen molar-refractivity contribution in [2.24, 2.45) is 5.92 Å². The molecular weight excluding hydrogens is 275 g/mol. The van der Waals surface area contributed by atoms with Crippen LogP contribution in [0.15, 0.2) is 18.3 Å². The molecule has 2 atom stereocenters. The van der Waals surface area contributed by atoms with Crippen molar-refractivity contribution in [1.29, 1.82) is 0 Å². The maximum absolute atomic E-state index is 6.13. The van der Waals surface area contributed by atoms with E-state index in [-0.39, 0.29) is 0 Å². The number of nitrogens with zero attached hydrogens (tertiary/aromatic N) is 2. The van der Waals surface area contributed by atoms with Crippen molar-refractivity contribution in [2.75, 3.05) is 18.0 Å². The first-order valence-electron chi connectivity index (χ1n) is 5.18. The van der Waals surface area contributed by atoms with Crippen LogP contribution in [0, 0.1) is 5.92 Å². The Kier molecular flexibility index (Phi) is 3.52. The van der Waals surface area contributed by atoms with E-state index < -0.39 is 0 Å². The molecule has 2 rings (SSSR count). The average molecular weight is 290 g/mol. The molecule has 1 fully saturated rings. The summed E-state index contributed by atoms with van der Waals surface area (Å²) in [6.45, 7) is 4.30. The molecule has 0 spiro atoms. The van der Waals surface area contributed by atoms with Crippen LogP contribution in [-0.2, 0) is 0 Å². The Morgan fingerprint density at radius 2 is 2.40 bits per heavy atom. The zero-order valence-electron chi connectivity index (χ0n) is 8.66. The van der Waals surface area contributed by atoms with E-state index in [1.165, 1.54) is 0 Å². The minimum Gasteiger partial charge on any atom is -0.355 e. The Bertz CT molecular complexity index is 345. The lowest BCUT2D eigenvalue weighted by Gasteiger charge is -2.35. The normalized spacial score (nSPS) is 26.7. The first kappa shape index (κ1) is 11.2. The van der Waals surface area contributed by atoms with Gasteiger partial charge in [-0.2, -0.15) is 0 Å². The topological polar surface area (TPSA) is 16.1 Å². The summed E-state index contributed by atoms with van der Waals surface area (Å²) in [7, 11) is 0. The molecule has 0 amide bonds. The van der Waals surface area contributed by atoms with Gasteiger partial charge in [0.1, 0.15) is 5.82 Å². The number of alkyl halides is 1. The number of hydrogen-bond acceptors (Lipinski definition) is 2. The zero-order chi connectivity index (χ0) is 10.8. The van der Waals surface area contributed by atoms with Crippen LogP contribution < -0.4 is 4.90 Å². The van der Waals surface area contributed by atoms with Crippen LogP contribution in [0.3, 0.4) is 0 Å². The molecule has 15 heavy (non-hydrogen) atoms. The van der Waals surface area contributed by atoms with E-state index >= 15 is 0 Å². The first-order chi connectivity index (χ1) is 7.18. The van der Waals surface area contributed by atoms with Crippen molar-refractivity contribution >= 4 is 33.3 Å². The van der Waals surface area contributed by atoms with Gasteiger partial charge in [0.2, 0.25) is 0 Å². The molecule has 0 N–H and O–H groups in total. The third-order valence-corrected chi connectivity index (χ3v) is 4.49. The molecule has 1 aliphatic rings. The highest BCUT2D eigenvalue weighted by Gasteiger charge is 2.25. The number of piperidine rings is 1. The second-order valence-corrected chi connectivity index (χ2v) is 5.62. The standard InChI is InChI=1S/C11H14BrClN2/c1-8-7-15(6-4-9(8)12)11-10(13)3-2-5-14-11/h2-3,5,8-9H,4,6-7H2,1H3. The fourth-order valence-corrected chi connectivity index (χ4v) is 2.53. The summed E-state index contributed by atoms with van der Waals surface area (Å²) >= 11 is 9.82. The van der Waals surface area contributed by atoms with E-state index in [9.17, 15) is 0 Å². The highest BCUT2D eigenvalue weighted by Crippen LogP contribution is 2.29. The Morgan fingerprint density at radius 1 is 1.60 bits per heavy atom. The summed E-state index contributed by atoms with van der Waals surface area (Å²) in [4.78, 5) is 7.23. The third-order valence-electron chi connectivity index (χ3n) is 2.84. The fraction of sp³-hybridized carbons (Fsp3) is 0.545. The molecule has 1 saturated heterocycles. The van der Waals surface area contributed by atoms with E-state index in [0.717, 1.165) is 30.4 Å². The van der Waals surface area contributed by atoms with Gasteiger partial charge in [0.15, 0.2) is 0 Å². The van der Waals surface area contributed by atoms with Crippen LogP contribution in [0.4, 0.5) is 5.82 Å². The minimum atomic E-state index is 0.622. The van der Waals surface area contributed by atoms with Gasteiger partial charge < -0.3 is 4.90 Å². The number of aromatic nitrogens is 1. The van der Waals surface area contributed by atoms with Crippen LogP contribution in [0.2, 0.25) is 5.02 Å². The SMILES string of the molecule is CC1CN(c2ncccc2Cl)CCC1Br. The van der Waals surface area contributed by atoms with Gasteiger partial charge in [0, 0.05) is 24.1 Å². The predicted molar refractivity (Wildman–Crippen MR) is 68.0 cm³/mol. The van der Waals surface area contributed by atoms with Gasteiger partial charge >= 0.3 is 0 Å². The van der Waals surface area contributed by atoms with Crippen LogP contribution in [0.5, 0.6) is 0 Å². The molecule has 4 heteroatoms. The van der Waals surface area contributed by atoms with E-state index in [1.54, 1.807) is 6.20 Å². The van der Waals surface area contributed by atoms with Gasteiger partial charge in [-0.05, 0) is 24.5 Å². The predicted octanol–water partition coefficient (Wildman–Crippen LogP) is 3.34. The maximum atomic E-state index is 6.13. The molecule has 82 valence electrons. The van der Waals surface area contributed by atoms with Gasteiger partial charge in [-0.25, -0.2) is 4.98 Å². The van der Waals surface area contributed by atoms with Gasteiger partial charge in [0.05, 0.1) is 5.02 Å². The zero-order valence-corrected chi connectivity index (χ0v) is 11.0. The molecule has 2 heterocycles. The van der Waals surface area contributed by atoms with E-state index in [1.807, 2.05) is 12.1 Å². The van der Waals surface area contributed by atoms with Gasteiger partial charge in [-0.15, -0.1) is 0 Å². The highest BCUT2D eigenvalue weighted by atomic mass is 79.9. The monoisotopic (exact) mass is 288 g/mol. The lowest BCUT2D eigenvalue weighted by atomic mass is 10.0. The van der Waals surface area contributed by atoms with Gasteiger partial charge in [0.25, 0.3) is 0 Å². The second kappa shape index (κ2) is 4.71. The molecule has 1 aromatic heterocycles. The molecule has 0 aromatic carbocycles.